The van der Waals surface area contributed by atoms with Gasteiger partial charge in [-0.25, -0.2) is 0 Å². The molecule has 0 aromatic rings. The number of rotatable bonds is 0. The Morgan fingerprint density at radius 1 is 1.29 bits per heavy atom. The molecule has 40 valence electrons. The van der Waals surface area contributed by atoms with Crippen molar-refractivity contribution in [2.45, 2.75) is 0 Å². The van der Waals surface area contributed by atoms with Gasteiger partial charge in [-0.1, -0.05) is 0 Å². The van der Waals surface area contributed by atoms with Crippen molar-refractivity contribution in [2.24, 2.45) is 0 Å². The number of hydrogen-bond acceptors (Lipinski definition) is 2. The maximum absolute atomic E-state index is 9.05. The fourth-order valence-electron chi connectivity index (χ4n) is 0. The molecule has 0 radical (unpaired) electrons. The molecule has 0 aliphatic heterocycles. The van der Waals surface area contributed by atoms with Crippen molar-refractivity contribution in [2.75, 3.05) is 0 Å². The van der Waals surface area contributed by atoms with Gasteiger partial charge in [0.2, 0.25) is 0 Å². The molecule has 0 saturated heterocycles. The SMILES string of the molecule is O=S(=O)(O)S.[BaH2].[BaH2]. The second kappa shape index (κ2) is 7.51. The maximum atomic E-state index is 9.05. The first-order valence-electron chi connectivity index (χ1n) is 0.698. The Hall–Kier alpha value is 3.40. The summed E-state index contributed by atoms with van der Waals surface area (Å²) in [5.74, 6) is 0. The van der Waals surface area contributed by atoms with Crippen LogP contribution >= 0.6 is 11.7 Å². The molecule has 0 spiro atoms. The van der Waals surface area contributed by atoms with Gasteiger partial charge in [-0.3, -0.25) is 4.55 Å². The molecule has 0 bridgehead atoms. The predicted octanol–water partition coefficient (Wildman–Crippen LogP) is -2.11. The summed E-state index contributed by atoms with van der Waals surface area (Å²) in [7, 11) is -3.97. The van der Waals surface area contributed by atoms with Crippen molar-refractivity contribution in [1.29, 1.82) is 0 Å². The van der Waals surface area contributed by atoms with Gasteiger partial charge in [-0.15, -0.1) is 0 Å². The van der Waals surface area contributed by atoms with Crippen LogP contribution in [0.15, 0.2) is 0 Å². The van der Waals surface area contributed by atoms with E-state index in [2.05, 4.69) is 11.7 Å². The van der Waals surface area contributed by atoms with E-state index in [0.29, 0.717) is 0 Å². The van der Waals surface area contributed by atoms with Crippen LogP contribution < -0.4 is 0 Å². The van der Waals surface area contributed by atoms with Crippen molar-refractivity contribution >= 4 is 119 Å². The normalized spacial score (nSPS) is 8.29. The van der Waals surface area contributed by atoms with Gasteiger partial charge >= 0.3 is 107 Å². The molecule has 7 heavy (non-hydrogen) atoms. The van der Waals surface area contributed by atoms with Crippen molar-refractivity contribution in [3.63, 3.8) is 0 Å². The second-order valence-electron chi connectivity index (χ2n) is 0.448. The number of thiol groups is 1. The molecule has 3 nitrogen and oxygen atoms in total. The van der Waals surface area contributed by atoms with E-state index in [1.165, 1.54) is 0 Å². The zero-order valence-electron chi connectivity index (χ0n) is 2.12. The molecule has 0 aliphatic carbocycles. The topological polar surface area (TPSA) is 54.4 Å². The van der Waals surface area contributed by atoms with Gasteiger partial charge < -0.3 is 0 Å². The van der Waals surface area contributed by atoms with Gasteiger partial charge in [0.05, 0.1) is 0 Å². The molecule has 0 heterocycles. The first-order valence-corrected chi connectivity index (χ1v) is 3.19. The Kier molecular flexibility index (Phi) is 18.0. The average Bonchev–Trinajstić information content (AvgIpc) is 0.722. The van der Waals surface area contributed by atoms with E-state index in [-0.39, 0.29) is 97.8 Å². The zero-order valence-corrected chi connectivity index (χ0v) is 3.83. The van der Waals surface area contributed by atoms with Crippen LogP contribution in [0.2, 0.25) is 0 Å². The Bertz CT molecular complexity index is 94.1. The molecule has 0 unspecified atom stereocenters. The summed E-state index contributed by atoms with van der Waals surface area (Å²) in [5.41, 5.74) is 0. The molecule has 0 rings (SSSR count). The van der Waals surface area contributed by atoms with Crippen LogP contribution in [0, 0.1) is 0 Å². The monoisotopic (exact) mass is 394 g/mol. The van der Waals surface area contributed by atoms with Gasteiger partial charge in [-0.2, -0.15) is 8.42 Å². The quantitative estimate of drug-likeness (QED) is 0.215. The summed E-state index contributed by atoms with van der Waals surface area (Å²) in [4.78, 5) is 0. The van der Waals surface area contributed by atoms with Crippen molar-refractivity contribution in [3.05, 3.63) is 0 Å². The first-order chi connectivity index (χ1) is 2.00. The predicted molar refractivity (Wildman–Crippen MR) is 37.6 cm³/mol. The van der Waals surface area contributed by atoms with Crippen LogP contribution in [0.1, 0.15) is 0 Å². The third kappa shape index (κ3) is 44.5. The molecular formula is H6Ba2O3S2. The molecule has 0 amide bonds. The minimum atomic E-state index is -3.97. The average molecular weight is 393 g/mol. The summed E-state index contributed by atoms with van der Waals surface area (Å²) in [6.45, 7) is 0. The molecule has 0 aromatic heterocycles. The molecule has 0 aliphatic rings. The van der Waals surface area contributed by atoms with Crippen LogP contribution in [0.5, 0.6) is 0 Å². The molecule has 7 heteroatoms. The summed E-state index contributed by atoms with van der Waals surface area (Å²) in [6, 6.07) is 0. The minimum absolute atomic E-state index is 0. The molecule has 0 saturated carbocycles. The Balaban J connectivity index is -0.0000000800. The van der Waals surface area contributed by atoms with E-state index in [1.54, 1.807) is 0 Å². The van der Waals surface area contributed by atoms with Gasteiger partial charge in [0, 0.05) is 0 Å². The van der Waals surface area contributed by atoms with Crippen LogP contribution in [0.4, 0.5) is 0 Å². The second-order valence-corrected chi connectivity index (χ2v) is 2.73. The van der Waals surface area contributed by atoms with Gasteiger partial charge in [-0.05, 0) is 11.7 Å². The standard InChI is InChI=1S/2Ba.H2O3S2.4H/c;;1-5(2,3)4;;;;/h;;(H2,1,2,3,4);;;;. The molecule has 0 fully saturated rings. The van der Waals surface area contributed by atoms with Gasteiger partial charge in [0.25, 0.3) is 0 Å². The summed E-state index contributed by atoms with van der Waals surface area (Å²) >= 11 is 2.65. The van der Waals surface area contributed by atoms with Gasteiger partial charge in [0.1, 0.15) is 0 Å². The first kappa shape index (κ1) is 16.8. The Morgan fingerprint density at radius 3 is 1.29 bits per heavy atom. The Labute approximate surface area is 128 Å². The molecule has 0 atom stereocenters. The zero-order chi connectivity index (χ0) is 4.50. The third-order valence-corrected chi connectivity index (χ3v) is 0. The Morgan fingerprint density at radius 2 is 1.29 bits per heavy atom. The molecule has 1 N–H and O–H groups in total. The van der Waals surface area contributed by atoms with Gasteiger partial charge in [0.15, 0.2) is 0 Å². The van der Waals surface area contributed by atoms with E-state index >= 15 is 0 Å². The summed E-state index contributed by atoms with van der Waals surface area (Å²) in [5, 5.41) is 0. The van der Waals surface area contributed by atoms with E-state index in [9.17, 15) is 0 Å². The van der Waals surface area contributed by atoms with Crippen LogP contribution in [0.3, 0.4) is 0 Å². The molecule has 0 aromatic carbocycles. The van der Waals surface area contributed by atoms with Crippen LogP contribution in [-0.2, 0) is 9.15 Å². The summed E-state index contributed by atoms with van der Waals surface area (Å²) < 4.78 is 25.5. The van der Waals surface area contributed by atoms with E-state index < -0.39 is 9.15 Å². The third-order valence-electron chi connectivity index (χ3n) is 0. The van der Waals surface area contributed by atoms with E-state index in [4.69, 9.17) is 13.0 Å². The van der Waals surface area contributed by atoms with Crippen molar-refractivity contribution in [3.8, 4) is 0 Å². The van der Waals surface area contributed by atoms with E-state index in [0.717, 1.165) is 0 Å². The summed E-state index contributed by atoms with van der Waals surface area (Å²) in [6.07, 6.45) is 0. The van der Waals surface area contributed by atoms with Crippen LogP contribution in [0.25, 0.3) is 0 Å². The fraction of sp³-hybridized carbons (Fsp3) is 0. The van der Waals surface area contributed by atoms with Crippen LogP contribution in [-0.4, -0.2) is 111 Å². The van der Waals surface area contributed by atoms with Crippen molar-refractivity contribution in [1.82, 2.24) is 0 Å². The number of hydrogen-bond donors (Lipinski definition) is 2. The van der Waals surface area contributed by atoms with Crippen molar-refractivity contribution < 1.29 is 13.0 Å². The van der Waals surface area contributed by atoms with E-state index in [1.807, 2.05) is 0 Å². The fourth-order valence-corrected chi connectivity index (χ4v) is 0. The molecular weight excluding hydrogens is 387 g/mol.